The monoisotopic (exact) mass is 372 g/mol. The second-order valence-corrected chi connectivity index (χ2v) is 5.31. The molecule has 1 rings (SSSR count). The highest BCUT2D eigenvalue weighted by atomic mass is 16.6. The summed E-state index contributed by atoms with van der Waals surface area (Å²) in [5.41, 5.74) is -2.10. The molecule has 0 saturated carbocycles. The van der Waals surface area contributed by atoms with E-state index >= 15 is 0 Å². The Labute approximate surface area is 157 Å². The molecule has 0 aliphatic carbocycles. The SMILES string of the molecule is CCOC(=O)CC(C(=O)OCC)(C(=O)OCC)c1ccc(C#N)c(C#N)c1. The minimum Gasteiger partial charge on any atom is -0.466 e. The highest BCUT2D eigenvalue weighted by Gasteiger charge is 2.53. The highest BCUT2D eigenvalue weighted by Crippen LogP contribution is 2.33. The molecule has 0 unspecified atom stereocenters. The number of nitrogens with zero attached hydrogens (tertiary/aromatic N) is 2. The van der Waals surface area contributed by atoms with E-state index in [0.29, 0.717) is 0 Å². The fraction of sp³-hybridized carbons (Fsp3) is 0.421. The molecule has 0 radical (unpaired) electrons. The topological polar surface area (TPSA) is 126 Å². The van der Waals surface area contributed by atoms with Gasteiger partial charge in [-0.15, -0.1) is 0 Å². The van der Waals surface area contributed by atoms with E-state index in [2.05, 4.69) is 0 Å². The molecule has 0 aromatic heterocycles. The van der Waals surface area contributed by atoms with Gasteiger partial charge in [0.15, 0.2) is 5.41 Å². The van der Waals surface area contributed by atoms with Crippen molar-refractivity contribution in [3.05, 3.63) is 34.9 Å². The van der Waals surface area contributed by atoms with Crippen molar-refractivity contribution in [2.75, 3.05) is 19.8 Å². The van der Waals surface area contributed by atoms with Crippen LogP contribution in [-0.2, 0) is 34.0 Å². The van der Waals surface area contributed by atoms with Gasteiger partial charge in [0.1, 0.15) is 12.1 Å². The van der Waals surface area contributed by atoms with Crippen molar-refractivity contribution in [1.29, 1.82) is 10.5 Å². The van der Waals surface area contributed by atoms with Crippen LogP contribution in [0.15, 0.2) is 18.2 Å². The van der Waals surface area contributed by atoms with E-state index in [4.69, 9.17) is 19.5 Å². The van der Waals surface area contributed by atoms with Gasteiger partial charge in [0, 0.05) is 0 Å². The maximum Gasteiger partial charge on any atom is 0.328 e. The molecule has 1 aromatic carbocycles. The molecular weight excluding hydrogens is 352 g/mol. The third kappa shape index (κ3) is 4.62. The molecule has 8 nitrogen and oxygen atoms in total. The number of hydrogen-bond acceptors (Lipinski definition) is 8. The van der Waals surface area contributed by atoms with Crippen LogP contribution in [0.5, 0.6) is 0 Å². The van der Waals surface area contributed by atoms with Crippen LogP contribution in [0.1, 0.15) is 43.9 Å². The lowest BCUT2D eigenvalue weighted by atomic mass is 9.76. The number of nitriles is 2. The number of carbonyl (C=O) groups is 3. The third-order valence-corrected chi connectivity index (χ3v) is 3.72. The van der Waals surface area contributed by atoms with Crippen molar-refractivity contribution >= 4 is 17.9 Å². The molecule has 0 saturated heterocycles. The summed E-state index contributed by atoms with van der Waals surface area (Å²) in [5.74, 6) is -2.79. The fourth-order valence-electron chi connectivity index (χ4n) is 2.50. The lowest BCUT2D eigenvalue weighted by molar-refractivity contribution is -0.169. The van der Waals surface area contributed by atoms with E-state index in [1.54, 1.807) is 20.8 Å². The smallest absolute Gasteiger partial charge is 0.328 e. The largest absolute Gasteiger partial charge is 0.466 e. The molecule has 0 heterocycles. The second kappa shape index (κ2) is 9.93. The number of esters is 3. The minimum atomic E-state index is -2.14. The van der Waals surface area contributed by atoms with Gasteiger partial charge in [-0.3, -0.25) is 14.4 Å². The van der Waals surface area contributed by atoms with Crippen LogP contribution in [0.4, 0.5) is 0 Å². The van der Waals surface area contributed by atoms with E-state index in [1.807, 2.05) is 12.1 Å². The summed E-state index contributed by atoms with van der Waals surface area (Å²) in [5, 5.41) is 18.4. The Morgan fingerprint density at radius 1 is 0.889 bits per heavy atom. The average molecular weight is 372 g/mol. The molecule has 0 atom stereocenters. The van der Waals surface area contributed by atoms with Gasteiger partial charge >= 0.3 is 17.9 Å². The van der Waals surface area contributed by atoms with Crippen LogP contribution in [-0.4, -0.2) is 37.7 Å². The Bertz CT molecular complexity index is 785. The van der Waals surface area contributed by atoms with Gasteiger partial charge in [-0.25, -0.2) is 0 Å². The fourth-order valence-corrected chi connectivity index (χ4v) is 2.50. The Balaban J connectivity index is 3.70. The first-order chi connectivity index (χ1) is 12.9. The van der Waals surface area contributed by atoms with Crippen molar-refractivity contribution in [3.63, 3.8) is 0 Å². The summed E-state index contributed by atoms with van der Waals surface area (Å²) in [4.78, 5) is 37.8. The first-order valence-electron chi connectivity index (χ1n) is 8.35. The van der Waals surface area contributed by atoms with Crippen LogP contribution in [0.3, 0.4) is 0 Å². The molecule has 0 aliphatic rings. The summed E-state index contributed by atoms with van der Waals surface area (Å²) in [6, 6.07) is 7.52. The van der Waals surface area contributed by atoms with Gasteiger partial charge in [-0.05, 0) is 38.5 Å². The van der Waals surface area contributed by atoms with Crippen molar-refractivity contribution in [1.82, 2.24) is 0 Å². The van der Waals surface area contributed by atoms with Gasteiger partial charge in [0.05, 0.1) is 37.4 Å². The summed E-state index contributed by atoms with van der Waals surface area (Å²) < 4.78 is 15.0. The lowest BCUT2D eigenvalue weighted by Gasteiger charge is -2.29. The van der Waals surface area contributed by atoms with Crippen LogP contribution in [0.25, 0.3) is 0 Å². The summed E-state index contributed by atoms with van der Waals surface area (Å²) in [6.45, 7) is 4.67. The van der Waals surface area contributed by atoms with Gasteiger partial charge < -0.3 is 14.2 Å². The van der Waals surface area contributed by atoms with Crippen molar-refractivity contribution < 1.29 is 28.6 Å². The first kappa shape index (κ1) is 21.7. The number of carbonyl (C=O) groups excluding carboxylic acids is 3. The molecular formula is C19H20N2O6. The molecule has 0 aliphatic heterocycles. The molecule has 27 heavy (non-hydrogen) atoms. The summed E-state index contributed by atoms with van der Waals surface area (Å²) in [7, 11) is 0. The van der Waals surface area contributed by atoms with Gasteiger partial charge in [-0.2, -0.15) is 10.5 Å². The number of hydrogen-bond donors (Lipinski definition) is 0. The third-order valence-electron chi connectivity index (χ3n) is 3.72. The van der Waals surface area contributed by atoms with Crippen molar-refractivity contribution in [3.8, 4) is 12.1 Å². The van der Waals surface area contributed by atoms with Gasteiger partial charge in [0.25, 0.3) is 0 Å². The normalized spacial score (nSPS) is 10.3. The predicted octanol–water partition coefficient (Wildman–Crippen LogP) is 1.75. The van der Waals surface area contributed by atoms with E-state index < -0.39 is 29.7 Å². The predicted molar refractivity (Wildman–Crippen MR) is 92.1 cm³/mol. The van der Waals surface area contributed by atoms with E-state index in [0.717, 1.165) is 0 Å². The van der Waals surface area contributed by atoms with Crippen molar-refractivity contribution in [2.45, 2.75) is 32.6 Å². The number of benzene rings is 1. The quantitative estimate of drug-likeness (QED) is 0.384. The van der Waals surface area contributed by atoms with Crippen LogP contribution in [0.2, 0.25) is 0 Å². The van der Waals surface area contributed by atoms with Crippen LogP contribution >= 0.6 is 0 Å². The molecule has 1 aromatic rings. The Morgan fingerprint density at radius 2 is 1.41 bits per heavy atom. The molecule has 0 bridgehead atoms. The molecule has 8 heteroatoms. The molecule has 142 valence electrons. The number of ether oxygens (including phenoxy) is 3. The molecule has 0 spiro atoms. The van der Waals surface area contributed by atoms with Crippen LogP contribution in [0, 0.1) is 22.7 Å². The maximum atomic E-state index is 12.8. The van der Waals surface area contributed by atoms with E-state index in [-0.39, 0.29) is 36.5 Å². The second-order valence-electron chi connectivity index (χ2n) is 5.31. The summed E-state index contributed by atoms with van der Waals surface area (Å²) >= 11 is 0. The highest BCUT2D eigenvalue weighted by molar-refractivity contribution is 6.09. The molecule has 0 N–H and O–H groups in total. The van der Waals surface area contributed by atoms with E-state index in [1.165, 1.54) is 18.2 Å². The molecule has 0 fully saturated rings. The zero-order chi connectivity index (χ0) is 20.4. The van der Waals surface area contributed by atoms with Gasteiger partial charge in [-0.1, -0.05) is 6.07 Å². The van der Waals surface area contributed by atoms with Crippen LogP contribution < -0.4 is 0 Å². The van der Waals surface area contributed by atoms with E-state index in [9.17, 15) is 19.6 Å². The minimum absolute atomic E-state index is 0.0167. The maximum absolute atomic E-state index is 12.8. The average Bonchev–Trinajstić information content (AvgIpc) is 2.66. The van der Waals surface area contributed by atoms with Crippen molar-refractivity contribution in [2.24, 2.45) is 0 Å². The Kier molecular flexibility index (Phi) is 7.96. The van der Waals surface area contributed by atoms with Gasteiger partial charge in [0.2, 0.25) is 0 Å². The zero-order valence-electron chi connectivity index (χ0n) is 15.4. The lowest BCUT2D eigenvalue weighted by Crippen LogP contribution is -2.48. The Morgan fingerprint density at radius 3 is 1.85 bits per heavy atom. The first-order valence-corrected chi connectivity index (χ1v) is 8.35. The number of rotatable bonds is 8. The Hall–Kier alpha value is -3.39. The standard InChI is InChI=1S/C19H20N2O6/c1-4-25-16(22)10-19(17(23)26-5-2,18(24)27-6-3)15-8-7-13(11-20)14(9-15)12-21/h7-9H,4-6,10H2,1-3H3. The molecule has 0 amide bonds. The zero-order valence-corrected chi connectivity index (χ0v) is 15.4. The summed E-state index contributed by atoms with van der Waals surface area (Å²) in [6.07, 6.45) is -0.657.